The summed E-state index contributed by atoms with van der Waals surface area (Å²) >= 11 is 7.47. The molecule has 0 aliphatic carbocycles. The second kappa shape index (κ2) is 12.6. The average Bonchev–Trinajstić information content (AvgIpc) is 2.74. The lowest BCUT2D eigenvalue weighted by molar-refractivity contribution is -0.139. The van der Waals surface area contributed by atoms with Crippen LogP contribution in [0.15, 0.2) is 48.5 Å². The number of benzene rings is 2. The highest BCUT2D eigenvalue weighted by Gasteiger charge is 2.28. The van der Waals surface area contributed by atoms with E-state index in [9.17, 15) is 9.59 Å². The van der Waals surface area contributed by atoms with Gasteiger partial charge in [0.2, 0.25) is 11.8 Å². The number of amides is 2. The van der Waals surface area contributed by atoms with Crippen LogP contribution in [0.2, 0.25) is 5.02 Å². The topological polar surface area (TPSA) is 58.6 Å². The van der Waals surface area contributed by atoms with Gasteiger partial charge >= 0.3 is 0 Å². The van der Waals surface area contributed by atoms with Gasteiger partial charge in [0, 0.05) is 23.4 Å². The van der Waals surface area contributed by atoms with Gasteiger partial charge < -0.3 is 15.0 Å². The Morgan fingerprint density at radius 2 is 1.68 bits per heavy atom. The first-order valence-corrected chi connectivity index (χ1v) is 11.9. The van der Waals surface area contributed by atoms with Crippen molar-refractivity contribution in [2.45, 2.75) is 51.6 Å². The molecule has 2 aromatic carbocycles. The number of hydrogen-bond acceptors (Lipinski definition) is 4. The van der Waals surface area contributed by atoms with Gasteiger partial charge in [-0.05, 0) is 55.7 Å². The molecular formula is C24H31ClN2O3S. The van der Waals surface area contributed by atoms with E-state index in [1.165, 1.54) is 11.8 Å². The summed E-state index contributed by atoms with van der Waals surface area (Å²) < 4.78 is 5.22. The lowest BCUT2D eigenvalue weighted by Crippen LogP contribution is -2.50. The van der Waals surface area contributed by atoms with Crippen LogP contribution in [0.3, 0.4) is 0 Å². The minimum atomic E-state index is -0.520. The van der Waals surface area contributed by atoms with Crippen molar-refractivity contribution in [3.8, 4) is 5.75 Å². The van der Waals surface area contributed by atoms with E-state index in [4.69, 9.17) is 16.3 Å². The summed E-state index contributed by atoms with van der Waals surface area (Å²) in [5.74, 6) is 1.57. The van der Waals surface area contributed by atoms with Crippen molar-refractivity contribution in [3.63, 3.8) is 0 Å². The summed E-state index contributed by atoms with van der Waals surface area (Å²) in [4.78, 5) is 27.7. The van der Waals surface area contributed by atoms with Gasteiger partial charge in [-0.3, -0.25) is 9.59 Å². The Morgan fingerprint density at radius 1 is 1.06 bits per heavy atom. The number of nitrogens with zero attached hydrogens (tertiary/aromatic N) is 1. The summed E-state index contributed by atoms with van der Waals surface area (Å²) in [5, 5.41) is 3.64. The Morgan fingerprint density at radius 3 is 2.23 bits per heavy atom. The molecule has 0 aliphatic rings. The summed E-state index contributed by atoms with van der Waals surface area (Å²) in [6.07, 6.45) is 0.544. The van der Waals surface area contributed by atoms with Gasteiger partial charge in [-0.15, -0.1) is 11.8 Å². The summed E-state index contributed by atoms with van der Waals surface area (Å²) in [5.41, 5.74) is 2.06. The van der Waals surface area contributed by atoms with E-state index < -0.39 is 6.04 Å². The number of carbonyl (C=O) groups excluding carboxylic acids is 2. The molecule has 0 bridgehead atoms. The van der Waals surface area contributed by atoms with Crippen LogP contribution >= 0.6 is 23.4 Å². The van der Waals surface area contributed by atoms with Gasteiger partial charge in [-0.25, -0.2) is 0 Å². The Balaban J connectivity index is 2.12. The molecule has 2 amide bonds. The first-order valence-electron chi connectivity index (χ1n) is 10.4. The SMILES string of the molecule is CCC(C(=O)NC(C)C)N(Cc1ccc(OC)cc1)C(=O)CSCc1ccc(Cl)cc1. The Kier molecular flexibility index (Phi) is 10.2. The fourth-order valence-electron chi connectivity index (χ4n) is 3.15. The second-order valence-electron chi connectivity index (χ2n) is 7.58. The molecule has 0 aliphatic heterocycles. The molecule has 0 radical (unpaired) electrons. The predicted octanol–water partition coefficient (Wildman–Crippen LogP) is 4.91. The molecule has 0 fully saturated rings. The van der Waals surface area contributed by atoms with Crippen molar-refractivity contribution in [2.75, 3.05) is 12.9 Å². The molecule has 5 nitrogen and oxygen atoms in total. The lowest BCUT2D eigenvalue weighted by Gasteiger charge is -2.31. The molecule has 0 aromatic heterocycles. The molecule has 0 heterocycles. The number of rotatable bonds is 11. The Hall–Kier alpha value is -2.18. The van der Waals surface area contributed by atoms with Gasteiger partial charge in [0.15, 0.2) is 0 Å². The number of ether oxygens (including phenoxy) is 1. The molecule has 2 rings (SSSR count). The lowest BCUT2D eigenvalue weighted by atomic mass is 10.1. The van der Waals surface area contributed by atoms with Crippen LogP contribution in [-0.4, -0.2) is 41.7 Å². The zero-order valence-corrected chi connectivity index (χ0v) is 20.1. The fourth-order valence-corrected chi connectivity index (χ4v) is 4.14. The maximum absolute atomic E-state index is 13.2. The quantitative estimate of drug-likeness (QED) is 0.515. The average molecular weight is 463 g/mol. The van der Waals surface area contributed by atoms with Gasteiger partial charge in [-0.2, -0.15) is 0 Å². The molecule has 31 heavy (non-hydrogen) atoms. The number of halogens is 1. The Labute approximate surface area is 194 Å². The van der Waals surface area contributed by atoms with Crippen molar-refractivity contribution in [2.24, 2.45) is 0 Å². The third kappa shape index (κ3) is 8.11. The van der Waals surface area contributed by atoms with E-state index in [1.807, 2.05) is 69.3 Å². The molecule has 7 heteroatoms. The van der Waals surface area contributed by atoms with Gasteiger partial charge in [0.25, 0.3) is 0 Å². The van der Waals surface area contributed by atoms with Crippen molar-refractivity contribution < 1.29 is 14.3 Å². The molecule has 0 spiro atoms. The van der Waals surface area contributed by atoms with E-state index in [1.54, 1.807) is 12.0 Å². The molecule has 0 saturated carbocycles. The number of thioether (sulfide) groups is 1. The molecule has 0 saturated heterocycles. The summed E-state index contributed by atoms with van der Waals surface area (Å²) in [6, 6.07) is 14.7. The smallest absolute Gasteiger partial charge is 0.243 e. The number of nitrogens with one attached hydrogen (secondary N) is 1. The number of methoxy groups -OCH3 is 1. The normalized spacial score (nSPS) is 11.8. The van der Waals surface area contributed by atoms with Crippen LogP contribution in [0, 0.1) is 0 Å². The molecule has 1 unspecified atom stereocenters. The highest BCUT2D eigenvalue weighted by atomic mass is 35.5. The van der Waals surface area contributed by atoms with E-state index in [2.05, 4.69) is 5.32 Å². The highest BCUT2D eigenvalue weighted by Crippen LogP contribution is 2.20. The predicted molar refractivity (Wildman–Crippen MR) is 129 cm³/mol. The van der Waals surface area contributed by atoms with Crippen molar-refractivity contribution >= 4 is 35.2 Å². The van der Waals surface area contributed by atoms with Crippen LogP contribution in [0.25, 0.3) is 0 Å². The highest BCUT2D eigenvalue weighted by molar-refractivity contribution is 7.99. The monoisotopic (exact) mass is 462 g/mol. The molecule has 1 N–H and O–H groups in total. The molecular weight excluding hydrogens is 432 g/mol. The van der Waals surface area contributed by atoms with Crippen LogP contribution in [0.5, 0.6) is 5.75 Å². The van der Waals surface area contributed by atoms with E-state index in [0.29, 0.717) is 29.5 Å². The number of carbonyl (C=O) groups is 2. The van der Waals surface area contributed by atoms with Crippen LogP contribution in [0.1, 0.15) is 38.3 Å². The van der Waals surface area contributed by atoms with Crippen LogP contribution < -0.4 is 10.1 Å². The summed E-state index contributed by atoms with van der Waals surface area (Å²) in [7, 11) is 1.62. The second-order valence-corrected chi connectivity index (χ2v) is 9.00. The maximum atomic E-state index is 13.2. The van der Waals surface area contributed by atoms with Gasteiger partial charge in [-0.1, -0.05) is 42.8 Å². The van der Waals surface area contributed by atoms with Crippen LogP contribution in [-0.2, 0) is 21.9 Å². The maximum Gasteiger partial charge on any atom is 0.243 e. The largest absolute Gasteiger partial charge is 0.497 e. The van der Waals surface area contributed by atoms with Gasteiger partial charge in [0.1, 0.15) is 11.8 Å². The minimum absolute atomic E-state index is 0.0127. The zero-order valence-electron chi connectivity index (χ0n) is 18.6. The standard InChI is InChI=1S/C24H31ClN2O3S/c1-5-22(24(29)26-17(2)3)27(14-18-8-12-21(30-4)13-9-18)23(28)16-31-15-19-6-10-20(25)11-7-19/h6-13,17,22H,5,14-16H2,1-4H3,(H,26,29). The minimum Gasteiger partial charge on any atom is -0.497 e. The van der Waals surface area contributed by atoms with E-state index >= 15 is 0 Å². The van der Waals surface area contributed by atoms with Crippen molar-refractivity contribution in [3.05, 3.63) is 64.7 Å². The van der Waals surface area contributed by atoms with Crippen molar-refractivity contribution in [1.82, 2.24) is 10.2 Å². The zero-order chi connectivity index (χ0) is 22.8. The van der Waals surface area contributed by atoms with E-state index in [0.717, 1.165) is 16.9 Å². The van der Waals surface area contributed by atoms with Crippen molar-refractivity contribution in [1.29, 1.82) is 0 Å². The Bertz CT molecular complexity index is 841. The third-order valence-electron chi connectivity index (χ3n) is 4.74. The van der Waals surface area contributed by atoms with Crippen LogP contribution in [0.4, 0.5) is 0 Å². The molecule has 2 aromatic rings. The first-order chi connectivity index (χ1) is 14.8. The van der Waals surface area contributed by atoms with Gasteiger partial charge in [0.05, 0.1) is 12.9 Å². The molecule has 168 valence electrons. The fraction of sp³-hybridized carbons (Fsp3) is 0.417. The first kappa shape index (κ1) is 25.1. The summed E-state index contributed by atoms with van der Waals surface area (Å²) in [6.45, 7) is 6.14. The molecule has 1 atom stereocenters. The van der Waals surface area contributed by atoms with E-state index in [-0.39, 0.29) is 17.9 Å². The third-order valence-corrected chi connectivity index (χ3v) is 5.98. The number of hydrogen-bond donors (Lipinski definition) is 1.